The van der Waals surface area contributed by atoms with Crippen LogP contribution in [0.15, 0.2) is 0 Å². The van der Waals surface area contributed by atoms with Crippen LogP contribution in [0, 0.1) is 32.2 Å². The summed E-state index contributed by atoms with van der Waals surface area (Å²) in [5, 5.41) is 9.70. The van der Waals surface area contributed by atoms with Gasteiger partial charge in [-0.15, -0.1) is 5.54 Å². The molecule has 0 aliphatic carbocycles. The van der Waals surface area contributed by atoms with Crippen molar-refractivity contribution in [3.05, 3.63) is 33.4 Å². The van der Waals surface area contributed by atoms with Gasteiger partial charge in [0.1, 0.15) is 20.3 Å². The SMILES string of the molecule is Cc1c(C#C[Si](C)(C)C)c(C)c(C(=O)O)c(C)c1COCC(=O)OC(C)(C)C. The van der Waals surface area contributed by atoms with Crippen molar-refractivity contribution in [3.63, 3.8) is 0 Å². The molecule has 0 aliphatic rings. The number of carbonyl (C=O) groups excluding carboxylic acids is 1. The lowest BCUT2D eigenvalue weighted by Crippen LogP contribution is -2.26. The third-order valence-electron chi connectivity index (χ3n) is 4.07. The van der Waals surface area contributed by atoms with Crippen LogP contribution in [0.3, 0.4) is 0 Å². The summed E-state index contributed by atoms with van der Waals surface area (Å²) in [6.07, 6.45) is 0. The van der Waals surface area contributed by atoms with E-state index in [-0.39, 0.29) is 18.8 Å². The molecule has 1 aromatic rings. The first-order valence-corrected chi connectivity index (χ1v) is 12.8. The highest BCUT2D eigenvalue weighted by Gasteiger charge is 2.22. The first kappa shape index (κ1) is 23.9. The van der Waals surface area contributed by atoms with Crippen LogP contribution >= 0.6 is 0 Å². The Labute approximate surface area is 169 Å². The van der Waals surface area contributed by atoms with Gasteiger partial charge in [-0.05, 0) is 63.8 Å². The summed E-state index contributed by atoms with van der Waals surface area (Å²) < 4.78 is 10.8. The second-order valence-electron chi connectivity index (χ2n) is 8.99. The summed E-state index contributed by atoms with van der Waals surface area (Å²) in [7, 11) is -1.63. The van der Waals surface area contributed by atoms with Crippen LogP contribution in [0.5, 0.6) is 0 Å². The molecule has 0 fully saturated rings. The maximum atomic E-state index is 11.9. The molecule has 0 bridgehead atoms. The Bertz CT molecular complexity index is 830. The molecule has 0 heterocycles. The quantitative estimate of drug-likeness (QED) is 0.447. The van der Waals surface area contributed by atoms with E-state index in [0.29, 0.717) is 11.1 Å². The van der Waals surface area contributed by atoms with Gasteiger partial charge in [0, 0.05) is 5.56 Å². The number of ether oxygens (including phenoxy) is 2. The second kappa shape index (κ2) is 8.93. The van der Waals surface area contributed by atoms with Crippen LogP contribution in [0.2, 0.25) is 19.6 Å². The summed E-state index contributed by atoms with van der Waals surface area (Å²) >= 11 is 0. The summed E-state index contributed by atoms with van der Waals surface area (Å²) in [6.45, 7) is 17.2. The lowest BCUT2D eigenvalue weighted by Gasteiger charge is -2.20. The van der Waals surface area contributed by atoms with Gasteiger partial charge in [0.2, 0.25) is 0 Å². The van der Waals surface area contributed by atoms with Gasteiger partial charge >= 0.3 is 11.9 Å². The van der Waals surface area contributed by atoms with Gasteiger partial charge in [0.25, 0.3) is 0 Å². The van der Waals surface area contributed by atoms with Crippen LogP contribution in [0.1, 0.15) is 58.9 Å². The van der Waals surface area contributed by atoms with Crippen LogP contribution in [-0.2, 0) is 20.9 Å². The Hall–Kier alpha value is -2.10. The van der Waals surface area contributed by atoms with Crippen LogP contribution < -0.4 is 0 Å². The largest absolute Gasteiger partial charge is 0.478 e. The van der Waals surface area contributed by atoms with Crippen molar-refractivity contribution < 1.29 is 24.2 Å². The minimum Gasteiger partial charge on any atom is -0.478 e. The minimum absolute atomic E-state index is 0.124. The van der Waals surface area contributed by atoms with E-state index in [1.54, 1.807) is 34.6 Å². The predicted molar refractivity (Wildman–Crippen MR) is 113 cm³/mol. The Kier molecular flexibility index (Phi) is 7.64. The summed E-state index contributed by atoms with van der Waals surface area (Å²) in [5.41, 5.74) is 6.69. The number of carboxylic acid groups (broad SMARTS) is 1. The fourth-order valence-electron chi connectivity index (χ4n) is 2.85. The Balaban J connectivity index is 3.27. The second-order valence-corrected chi connectivity index (χ2v) is 13.7. The normalized spacial score (nSPS) is 11.6. The average molecular weight is 405 g/mol. The Morgan fingerprint density at radius 1 is 1.04 bits per heavy atom. The predicted octanol–water partition coefficient (Wildman–Crippen LogP) is 4.40. The number of carboxylic acids is 1. The maximum absolute atomic E-state index is 11.9. The molecule has 154 valence electrons. The number of rotatable bonds is 5. The molecule has 0 saturated carbocycles. The maximum Gasteiger partial charge on any atom is 0.336 e. The highest BCUT2D eigenvalue weighted by molar-refractivity contribution is 6.83. The monoisotopic (exact) mass is 404 g/mol. The van der Waals surface area contributed by atoms with Gasteiger partial charge in [-0.25, -0.2) is 9.59 Å². The van der Waals surface area contributed by atoms with Crippen molar-refractivity contribution in [1.82, 2.24) is 0 Å². The third kappa shape index (κ3) is 6.81. The average Bonchev–Trinajstić information content (AvgIpc) is 2.47. The summed E-state index contributed by atoms with van der Waals surface area (Å²) in [6, 6.07) is 0. The molecule has 28 heavy (non-hydrogen) atoms. The zero-order chi connectivity index (χ0) is 21.9. The molecule has 5 nitrogen and oxygen atoms in total. The van der Waals surface area contributed by atoms with Gasteiger partial charge in [0.15, 0.2) is 0 Å². The molecule has 1 aromatic carbocycles. The fraction of sp³-hybridized carbons (Fsp3) is 0.545. The Morgan fingerprint density at radius 2 is 1.61 bits per heavy atom. The summed E-state index contributed by atoms with van der Waals surface area (Å²) in [4.78, 5) is 23.7. The van der Waals surface area contributed by atoms with Gasteiger partial charge < -0.3 is 14.6 Å². The lowest BCUT2D eigenvalue weighted by molar-refractivity contribution is -0.160. The minimum atomic E-state index is -1.63. The molecule has 6 heteroatoms. The molecule has 0 spiro atoms. The van der Waals surface area contributed by atoms with Gasteiger partial charge in [-0.1, -0.05) is 25.6 Å². The van der Waals surface area contributed by atoms with E-state index in [1.807, 2.05) is 6.92 Å². The molecule has 0 aliphatic heterocycles. The van der Waals surface area contributed by atoms with Crippen molar-refractivity contribution in [2.45, 2.75) is 73.4 Å². The highest BCUT2D eigenvalue weighted by Crippen LogP contribution is 2.28. The third-order valence-corrected chi connectivity index (χ3v) is 4.94. The number of aromatic carboxylic acids is 1. The molecular formula is C22H32O5Si. The highest BCUT2D eigenvalue weighted by atomic mass is 28.3. The first-order valence-electron chi connectivity index (χ1n) is 9.32. The van der Waals surface area contributed by atoms with Gasteiger partial charge in [0.05, 0.1) is 12.2 Å². The Morgan fingerprint density at radius 3 is 2.07 bits per heavy atom. The number of carbonyl (C=O) groups is 2. The number of benzene rings is 1. The van der Waals surface area contributed by atoms with E-state index in [0.717, 1.165) is 16.7 Å². The smallest absolute Gasteiger partial charge is 0.336 e. The van der Waals surface area contributed by atoms with Gasteiger partial charge in [-0.2, -0.15) is 0 Å². The molecule has 0 radical (unpaired) electrons. The molecular weight excluding hydrogens is 372 g/mol. The van der Waals surface area contributed by atoms with Crippen molar-refractivity contribution in [2.24, 2.45) is 0 Å². The van der Waals surface area contributed by atoms with Crippen molar-refractivity contribution in [1.29, 1.82) is 0 Å². The molecule has 0 amide bonds. The van der Waals surface area contributed by atoms with E-state index in [9.17, 15) is 14.7 Å². The zero-order valence-corrected chi connectivity index (χ0v) is 19.5. The van der Waals surface area contributed by atoms with Crippen molar-refractivity contribution >= 4 is 20.0 Å². The fourth-order valence-corrected chi connectivity index (χ4v) is 3.35. The number of esters is 1. The van der Waals surface area contributed by atoms with E-state index in [2.05, 4.69) is 31.1 Å². The van der Waals surface area contributed by atoms with E-state index >= 15 is 0 Å². The van der Waals surface area contributed by atoms with Crippen LogP contribution in [0.4, 0.5) is 0 Å². The van der Waals surface area contributed by atoms with Crippen LogP contribution in [-0.4, -0.2) is 37.3 Å². The van der Waals surface area contributed by atoms with E-state index in [1.165, 1.54) is 0 Å². The first-order chi connectivity index (χ1) is 12.6. The number of hydrogen-bond acceptors (Lipinski definition) is 4. The lowest BCUT2D eigenvalue weighted by atomic mass is 9.89. The standard InChI is InChI=1S/C22H32O5Si/c1-14-17(10-11-28(7,8)9)15(2)20(21(24)25)16(3)18(14)12-26-13-19(23)27-22(4,5)6/h12-13H2,1-9H3,(H,24,25). The molecule has 0 saturated heterocycles. The molecule has 1 N–H and O–H groups in total. The topological polar surface area (TPSA) is 72.8 Å². The van der Waals surface area contributed by atoms with Crippen molar-refractivity contribution in [3.8, 4) is 11.5 Å². The molecule has 0 aromatic heterocycles. The van der Waals surface area contributed by atoms with Crippen molar-refractivity contribution in [2.75, 3.05) is 6.61 Å². The summed E-state index contributed by atoms with van der Waals surface area (Å²) in [5.74, 6) is 1.78. The zero-order valence-electron chi connectivity index (χ0n) is 18.5. The van der Waals surface area contributed by atoms with Crippen LogP contribution in [0.25, 0.3) is 0 Å². The number of hydrogen-bond donors (Lipinski definition) is 1. The molecule has 0 unspecified atom stereocenters. The van der Waals surface area contributed by atoms with Gasteiger partial charge in [-0.3, -0.25) is 0 Å². The molecule has 0 atom stereocenters. The molecule has 1 rings (SSSR count). The van der Waals surface area contributed by atoms with E-state index in [4.69, 9.17) is 9.47 Å². The van der Waals surface area contributed by atoms with E-state index < -0.39 is 25.6 Å².